The molecule has 4 fully saturated rings. The van der Waals surface area contributed by atoms with Crippen molar-refractivity contribution in [2.75, 3.05) is 6.61 Å². The van der Waals surface area contributed by atoms with Gasteiger partial charge in [-0.1, -0.05) is 30.4 Å². The molecule has 2 aromatic rings. The zero-order chi connectivity index (χ0) is 25.1. The maximum absolute atomic E-state index is 11.1. The largest absolute Gasteiger partial charge is 0.493 e. The second-order valence-electron chi connectivity index (χ2n) is 11.3. The number of carbonyl (C=O) groups excluding carboxylic acids is 1. The van der Waals surface area contributed by atoms with Gasteiger partial charge in [0.2, 0.25) is 5.91 Å². The number of aromatic carboxylic acids is 1. The van der Waals surface area contributed by atoms with Crippen LogP contribution >= 0.6 is 0 Å². The van der Waals surface area contributed by atoms with E-state index >= 15 is 0 Å². The smallest absolute Gasteiger partial charge is 0.335 e. The number of hydrogen-bond donors (Lipinski definition) is 2. The molecule has 5 heteroatoms. The number of amides is 1. The zero-order valence-corrected chi connectivity index (χ0v) is 21.0. The minimum Gasteiger partial charge on any atom is -0.493 e. The van der Waals surface area contributed by atoms with Crippen molar-refractivity contribution >= 4 is 24.0 Å². The number of carboxylic acid groups (broad SMARTS) is 1. The van der Waals surface area contributed by atoms with Crippen molar-refractivity contribution in [3.8, 4) is 5.75 Å². The van der Waals surface area contributed by atoms with Crippen molar-refractivity contribution in [3.05, 3.63) is 64.7 Å². The van der Waals surface area contributed by atoms with Gasteiger partial charge in [-0.15, -0.1) is 0 Å². The highest BCUT2D eigenvalue weighted by atomic mass is 16.5. The zero-order valence-electron chi connectivity index (χ0n) is 21.0. The molecule has 0 saturated heterocycles. The highest BCUT2D eigenvalue weighted by Gasteiger charge is 2.52. The van der Waals surface area contributed by atoms with E-state index < -0.39 is 5.97 Å². The third kappa shape index (κ3) is 5.50. The van der Waals surface area contributed by atoms with Crippen molar-refractivity contribution in [1.82, 2.24) is 0 Å². The number of primary amides is 1. The Balaban J connectivity index is 1.36. The summed E-state index contributed by atoms with van der Waals surface area (Å²) in [6, 6.07) is 13.6. The Bertz CT molecular complexity index is 1100. The molecule has 4 aliphatic carbocycles. The van der Waals surface area contributed by atoms with E-state index in [4.69, 9.17) is 15.6 Å². The lowest BCUT2D eigenvalue weighted by atomic mass is 9.48. The van der Waals surface area contributed by atoms with Crippen molar-refractivity contribution in [2.45, 2.75) is 69.6 Å². The number of unbranched alkanes of at least 4 members (excludes halogenated alkanes) is 2. The maximum Gasteiger partial charge on any atom is 0.335 e. The van der Waals surface area contributed by atoms with Crippen LogP contribution in [0.25, 0.3) is 12.2 Å². The monoisotopic (exact) mass is 487 g/mol. The molecule has 2 aromatic carbocycles. The molecule has 0 unspecified atom stereocenters. The third-order valence-corrected chi connectivity index (χ3v) is 8.56. The predicted octanol–water partition coefficient (Wildman–Crippen LogP) is 6.45. The van der Waals surface area contributed by atoms with Crippen molar-refractivity contribution < 1.29 is 19.4 Å². The fraction of sp³-hybridized carbons (Fsp3) is 0.484. The second kappa shape index (κ2) is 10.5. The van der Waals surface area contributed by atoms with Gasteiger partial charge in [0.15, 0.2) is 0 Å². The van der Waals surface area contributed by atoms with Gasteiger partial charge in [0.05, 0.1) is 12.2 Å². The molecule has 3 N–H and O–H groups in total. The van der Waals surface area contributed by atoms with E-state index in [9.17, 15) is 9.59 Å². The van der Waals surface area contributed by atoms with Gasteiger partial charge in [-0.2, -0.15) is 0 Å². The molecule has 4 saturated carbocycles. The standard InChI is InChI=1S/C31H37NO4/c32-29(33)4-2-1-3-13-36-28-12-9-22(6-5-21-7-10-26(11-8-21)30(34)35)17-27(28)31-18-23-14-24(19-31)16-25(15-23)20-31/h5-12,17,23-25H,1-4,13-16,18-20H2,(H2,32,33)(H,34,35). The number of nitrogens with two attached hydrogens (primary N) is 1. The van der Waals surface area contributed by atoms with Gasteiger partial charge in [0.1, 0.15) is 5.75 Å². The molecule has 0 heterocycles. The van der Waals surface area contributed by atoms with Crippen LogP contribution in [0.3, 0.4) is 0 Å². The minimum absolute atomic E-state index is 0.225. The molecular weight excluding hydrogens is 450 g/mol. The third-order valence-electron chi connectivity index (χ3n) is 8.56. The molecule has 0 aliphatic heterocycles. The summed E-state index contributed by atoms with van der Waals surface area (Å²) in [5.41, 5.74) is 9.29. The lowest BCUT2D eigenvalue weighted by Gasteiger charge is -2.57. The quantitative estimate of drug-likeness (QED) is 0.282. The van der Waals surface area contributed by atoms with Crippen LogP contribution in [0, 0.1) is 17.8 Å². The molecule has 0 spiro atoms. The highest BCUT2D eigenvalue weighted by Crippen LogP contribution is 2.62. The van der Waals surface area contributed by atoms with E-state index in [0.29, 0.717) is 18.6 Å². The highest BCUT2D eigenvalue weighted by molar-refractivity contribution is 5.88. The van der Waals surface area contributed by atoms with Crippen LogP contribution in [0.2, 0.25) is 0 Å². The van der Waals surface area contributed by atoms with E-state index in [2.05, 4.69) is 24.3 Å². The first-order chi connectivity index (χ1) is 17.4. The Morgan fingerprint density at radius 2 is 1.50 bits per heavy atom. The summed E-state index contributed by atoms with van der Waals surface area (Å²) >= 11 is 0. The molecule has 5 nitrogen and oxygen atoms in total. The van der Waals surface area contributed by atoms with Crippen LogP contribution in [0.1, 0.15) is 91.3 Å². The van der Waals surface area contributed by atoms with Crippen molar-refractivity contribution in [3.63, 3.8) is 0 Å². The van der Waals surface area contributed by atoms with E-state index in [0.717, 1.165) is 53.9 Å². The van der Waals surface area contributed by atoms with Crippen LogP contribution in [0.4, 0.5) is 0 Å². The number of carbonyl (C=O) groups is 2. The summed E-state index contributed by atoms with van der Waals surface area (Å²) in [5, 5.41) is 9.13. The molecular formula is C31H37NO4. The number of benzene rings is 2. The van der Waals surface area contributed by atoms with Crippen LogP contribution in [0.5, 0.6) is 5.75 Å². The van der Waals surface area contributed by atoms with Crippen molar-refractivity contribution in [2.24, 2.45) is 23.5 Å². The summed E-state index contributed by atoms with van der Waals surface area (Å²) < 4.78 is 6.39. The normalized spacial score (nSPS) is 26.4. The second-order valence-corrected chi connectivity index (χ2v) is 11.3. The number of rotatable bonds is 11. The summed E-state index contributed by atoms with van der Waals surface area (Å²) in [5.74, 6) is 2.44. The Morgan fingerprint density at radius 1 is 0.889 bits per heavy atom. The fourth-order valence-electron chi connectivity index (χ4n) is 7.32. The average Bonchev–Trinajstić information content (AvgIpc) is 2.84. The lowest BCUT2D eigenvalue weighted by molar-refractivity contribution is -0.118. The molecule has 0 aromatic heterocycles. The number of carboxylic acids is 1. The van der Waals surface area contributed by atoms with E-state index in [1.807, 2.05) is 18.2 Å². The predicted molar refractivity (Wildman–Crippen MR) is 142 cm³/mol. The Labute approximate surface area is 213 Å². The van der Waals surface area contributed by atoms with E-state index in [1.165, 1.54) is 44.1 Å². The molecule has 0 radical (unpaired) electrons. The Morgan fingerprint density at radius 3 is 2.11 bits per heavy atom. The van der Waals surface area contributed by atoms with Gasteiger partial charge < -0.3 is 15.6 Å². The Kier molecular flexibility index (Phi) is 7.17. The minimum atomic E-state index is -0.908. The first-order valence-corrected chi connectivity index (χ1v) is 13.5. The van der Waals surface area contributed by atoms with Crippen LogP contribution in [-0.2, 0) is 10.2 Å². The average molecular weight is 488 g/mol. The SMILES string of the molecule is NC(=O)CCCCCOc1ccc(C=Cc2ccc(C(=O)O)cc2)cc1C12CC3CC(CC(C3)C1)C2. The summed E-state index contributed by atoms with van der Waals surface area (Å²) in [7, 11) is 0. The van der Waals surface area contributed by atoms with E-state index in [1.54, 1.807) is 12.1 Å². The van der Waals surface area contributed by atoms with E-state index in [-0.39, 0.29) is 11.3 Å². The summed E-state index contributed by atoms with van der Waals surface area (Å²) in [4.78, 5) is 22.1. The van der Waals surface area contributed by atoms with Crippen LogP contribution in [-0.4, -0.2) is 23.6 Å². The van der Waals surface area contributed by atoms with Gasteiger partial charge in [-0.3, -0.25) is 4.79 Å². The summed E-state index contributed by atoms with van der Waals surface area (Å²) in [6.07, 6.45) is 15.3. The molecule has 1 amide bonds. The molecule has 4 aliphatic rings. The van der Waals surface area contributed by atoms with Gasteiger partial charge in [0, 0.05) is 12.0 Å². The molecule has 36 heavy (non-hydrogen) atoms. The first kappa shape index (κ1) is 24.6. The molecule has 0 atom stereocenters. The van der Waals surface area contributed by atoms with Crippen LogP contribution < -0.4 is 10.5 Å². The lowest BCUT2D eigenvalue weighted by Crippen LogP contribution is -2.48. The van der Waals surface area contributed by atoms with Gasteiger partial charge >= 0.3 is 5.97 Å². The number of hydrogen-bond acceptors (Lipinski definition) is 3. The van der Waals surface area contributed by atoms with Gasteiger partial charge in [-0.05, 0) is 116 Å². The maximum atomic E-state index is 11.1. The van der Waals surface area contributed by atoms with Gasteiger partial charge in [-0.25, -0.2) is 4.79 Å². The Hall–Kier alpha value is -3.08. The fourth-order valence-corrected chi connectivity index (χ4v) is 7.32. The number of ether oxygens (including phenoxy) is 1. The molecule has 6 rings (SSSR count). The summed E-state index contributed by atoms with van der Waals surface area (Å²) in [6.45, 7) is 0.656. The van der Waals surface area contributed by atoms with Gasteiger partial charge in [0.25, 0.3) is 0 Å². The van der Waals surface area contributed by atoms with Crippen LogP contribution in [0.15, 0.2) is 42.5 Å². The first-order valence-electron chi connectivity index (χ1n) is 13.5. The molecule has 190 valence electrons. The van der Waals surface area contributed by atoms with Crippen molar-refractivity contribution in [1.29, 1.82) is 0 Å². The molecule has 4 bridgehead atoms. The topological polar surface area (TPSA) is 89.6 Å².